The van der Waals surface area contributed by atoms with Gasteiger partial charge in [0.2, 0.25) is 0 Å². The number of H-pyrrole nitrogens is 1. The average Bonchev–Trinajstić information content (AvgIpc) is 2.98. The number of aliphatic hydroxyl groups is 2. The number of piperidine rings is 1. The van der Waals surface area contributed by atoms with Gasteiger partial charge in [0.25, 0.3) is 0 Å². The molecule has 0 bridgehead atoms. The van der Waals surface area contributed by atoms with E-state index in [0.717, 1.165) is 24.0 Å². The molecule has 0 aromatic carbocycles. The van der Waals surface area contributed by atoms with Crippen molar-refractivity contribution in [2.75, 3.05) is 24.6 Å². The van der Waals surface area contributed by atoms with Crippen LogP contribution < -0.4 is 4.90 Å². The van der Waals surface area contributed by atoms with E-state index in [9.17, 15) is 10.2 Å². The molecule has 3 N–H and O–H groups in total. The van der Waals surface area contributed by atoms with Crippen molar-refractivity contribution in [2.24, 2.45) is 5.41 Å². The number of nitrogens with zero attached hydrogens (tertiary/aromatic N) is 4. The molecule has 2 aromatic rings. The molecule has 0 saturated carbocycles. The lowest BCUT2D eigenvalue weighted by Crippen LogP contribution is -2.54. The van der Waals surface area contributed by atoms with Crippen LogP contribution >= 0.6 is 0 Å². The van der Waals surface area contributed by atoms with Gasteiger partial charge in [0, 0.05) is 18.5 Å². The van der Waals surface area contributed by atoms with Crippen molar-refractivity contribution in [3.63, 3.8) is 0 Å². The van der Waals surface area contributed by atoms with Crippen molar-refractivity contribution < 1.29 is 10.2 Å². The van der Waals surface area contributed by atoms with E-state index in [1.54, 1.807) is 6.20 Å². The van der Waals surface area contributed by atoms with E-state index in [1.807, 2.05) is 0 Å². The van der Waals surface area contributed by atoms with Crippen LogP contribution in [0.3, 0.4) is 0 Å². The average molecular weight is 291 g/mol. The van der Waals surface area contributed by atoms with Crippen LogP contribution in [0.4, 0.5) is 5.82 Å². The van der Waals surface area contributed by atoms with Crippen molar-refractivity contribution in [1.82, 2.24) is 20.2 Å². The number of nitrogens with one attached hydrogen (secondary N) is 1. The molecule has 0 unspecified atom stereocenters. The highest BCUT2D eigenvalue weighted by atomic mass is 16.3. The molecule has 1 fully saturated rings. The second kappa shape index (κ2) is 5.57. The standard InChI is InChI=1S/C14H21N5O2/c1-2-4-14(8-20)7-19(5-3-11(14)21)13-10-6-17-18-12(10)15-9-16-13/h6,9,11,20-21H,2-5,7-8H2,1H3,(H,15,16,17,18)/t11-,14+/m0/s1. The fraction of sp³-hybridized carbons (Fsp3) is 0.643. The number of aromatic amines is 1. The highest BCUT2D eigenvalue weighted by Crippen LogP contribution is 2.37. The normalized spacial score (nSPS) is 26.4. The van der Waals surface area contributed by atoms with Crippen molar-refractivity contribution >= 4 is 16.9 Å². The predicted molar refractivity (Wildman–Crippen MR) is 78.9 cm³/mol. The van der Waals surface area contributed by atoms with Crippen LogP contribution in [0.1, 0.15) is 26.2 Å². The SMILES string of the molecule is CCC[C@]1(CO)CN(c2ncnc3[nH]ncc23)CC[C@@H]1O. The third-order valence-corrected chi connectivity index (χ3v) is 4.47. The Balaban J connectivity index is 1.94. The van der Waals surface area contributed by atoms with E-state index in [1.165, 1.54) is 6.33 Å². The van der Waals surface area contributed by atoms with Crippen LogP contribution in [0.25, 0.3) is 11.0 Å². The lowest BCUT2D eigenvalue weighted by Gasteiger charge is -2.45. The van der Waals surface area contributed by atoms with Gasteiger partial charge < -0.3 is 15.1 Å². The fourth-order valence-electron chi connectivity index (χ4n) is 3.31. The van der Waals surface area contributed by atoms with Crippen molar-refractivity contribution in [3.8, 4) is 0 Å². The minimum atomic E-state index is -0.478. The van der Waals surface area contributed by atoms with Gasteiger partial charge in [-0.1, -0.05) is 13.3 Å². The zero-order valence-electron chi connectivity index (χ0n) is 12.2. The molecule has 7 nitrogen and oxygen atoms in total. The maximum absolute atomic E-state index is 10.4. The van der Waals surface area contributed by atoms with Gasteiger partial charge in [-0.25, -0.2) is 9.97 Å². The van der Waals surface area contributed by atoms with Crippen molar-refractivity contribution in [2.45, 2.75) is 32.3 Å². The molecule has 1 saturated heterocycles. The Kier molecular flexibility index (Phi) is 3.77. The van der Waals surface area contributed by atoms with E-state index in [0.29, 0.717) is 25.2 Å². The number of aliphatic hydroxyl groups excluding tert-OH is 2. The molecule has 2 atom stereocenters. The summed E-state index contributed by atoms with van der Waals surface area (Å²) < 4.78 is 0. The molecule has 0 radical (unpaired) electrons. The van der Waals surface area contributed by atoms with Crippen LogP contribution in [-0.4, -0.2) is 56.2 Å². The first-order valence-electron chi connectivity index (χ1n) is 7.38. The second-order valence-corrected chi connectivity index (χ2v) is 5.83. The van der Waals surface area contributed by atoms with Crippen LogP contribution in [0.5, 0.6) is 0 Å². The van der Waals surface area contributed by atoms with E-state index >= 15 is 0 Å². The molecule has 0 amide bonds. The quantitative estimate of drug-likeness (QED) is 0.767. The molecule has 1 aliphatic heterocycles. The number of rotatable bonds is 4. The third kappa shape index (κ3) is 2.36. The Bertz CT molecular complexity index is 616. The minimum absolute atomic E-state index is 0.0158. The van der Waals surface area contributed by atoms with Gasteiger partial charge in [-0.3, -0.25) is 5.10 Å². The molecule has 0 spiro atoms. The molecule has 21 heavy (non-hydrogen) atoms. The van der Waals surface area contributed by atoms with Gasteiger partial charge in [0.1, 0.15) is 12.1 Å². The van der Waals surface area contributed by atoms with Gasteiger partial charge in [-0.2, -0.15) is 5.10 Å². The molecule has 0 aliphatic carbocycles. The van der Waals surface area contributed by atoms with E-state index < -0.39 is 11.5 Å². The summed E-state index contributed by atoms with van der Waals surface area (Å²) in [5, 5.41) is 27.9. The molecule has 3 rings (SSSR count). The summed E-state index contributed by atoms with van der Waals surface area (Å²) in [7, 11) is 0. The predicted octanol–water partition coefficient (Wildman–Crippen LogP) is 0.703. The molecule has 3 heterocycles. The first-order valence-corrected chi connectivity index (χ1v) is 7.38. The summed E-state index contributed by atoms with van der Waals surface area (Å²) in [5.41, 5.74) is 0.227. The Morgan fingerprint density at radius 1 is 1.48 bits per heavy atom. The molecule has 7 heteroatoms. The minimum Gasteiger partial charge on any atom is -0.396 e. The highest BCUT2D eigenvalue weighted by Gasteiger charge is 2.42. The Morgan fingerprint density at radius 2 is 2.33 bits per heavy atom. The maximum Gasteiger partial charge on any atom is 0.160 e. The lowest BCUT2D eigenvalue weighted by molar-refractivity contribution is -0.0352. The zero-order valence-corrected chi connectivity index (χ0v) is 12.2. The van der Waals surface area contributed by atoms with Gasteiger partial charge in [0.05, 0.1) is 24.3 Å². The first-order chi connectivity index (χ1) is 10.2. The summed E-state index contributed by atoms with van der Waals surface area (Å²) in [5.74, 6) is 0.814. The van der Waals surface area contributed by atoms with E-state index in [2.05, 4.69) is 32.0 Å². The highest BCUT2D eigenvalue weighted by molar-refractivity contribution is 5.86. The molecule has 2 aromatic heterocycles. The summed E-state index contributed by atoms with van der Waals surface area (Å²) in [6.45, 7) is 3.36. The topological polar surface area (TPSA) is 98.2 Å². The Morgan fingerprint density at radius 3 is 3.10 bits per heavy atom. The fourth-order valence-corrected chi connectivity index (χ4v) is 3.31. The molecular weight excluding hydrogens is 270 g/mol. The Labute approximate surface area is 123 Å². The summed E-state index contributed by atoms with van der Waals surface area (Å²) in [6, 6.07) is 0. The van der Waals surface area contributed by atoms with Crippen LogP contribution in [-0.2, 0) is 0 Å². The van der Waals surface area contributed by atoms with Gasteiger partial charge in [-0.15, -0.1) is 0 Å². The smallest absolute Gasteiger partial charge is 0.160 e. The lowest BCUT2D eigenvalue weighted by atomic mass is 9.74. The molecule has 1 aliphatic rings. The first kappa shape index (κ1) is 14.2. The van der Waals surface area contributed by atoms with Crippen LogP contribution in [0, 0.1) is 5.41 Å². The summed E-state index contributed by atoms with van der Waals surface area (Å²) in [4.78, 5) is 10.7. The Hall–Kier alpha value is -1.73. The molecule has 114 valence electrons. The van der Waals surface area contributed by atoms with Crippen LogP contribution in [0.2, 0.25) is 0 Å². The second-order valence-electron chi connectivity index (χ2n) is 5.83. The number of hydrogen-bond donors (Lipinski definition) is 3. The van der Waals surface area contributed by atoms with E-state index in [4.69, 9.17) is 0 Å². The van der Waals surface area contributed by atoms with E-state index in [-0.39, 0.29) is 6.61 Å². The van der Waals surface area contributed by atoms with Crippen molar-refractivity contribution in [3.05, 3.63) is 12.5 Å². The summed E-state index contributed by atoms with van der Waals surface area (Å²) in [6.07, 6.45) is 5.11. The largest absolute Gasteiger partial charge is 0.396 e. The van der Waals surface area contributed by atoms with Crippen molar-refractivity contribution in [1.29, 1.82) is 0 Å². The number of fused-ring (bicyclic) bond motifs is 1. The number of hydrogen-bond acceptors (Lipinski definition) is 6. The van der Waals surface area contributed by atoms with Crippen LogP contribution in [0.15, 0.2) is 12.5 Å². The maximum atomic E-state index is 10.4. The molecular formula is C14H21N5O2. The monoisotopic (exact) mass is 291 g/mol. The van der Waals surface area contributed by atoms with Gasteiger partial charge >= 0.3 is 0 Å². The number of aromatic nitrogens is 4. The number of anilines is 1. The third-order valence-electron chi connectivity index (χ3n) is 4.47. The van der Waals surface area contributed by atoms with Gasteiger partial charge in [0.15, 0.2) is 5.65 Å². The zero-order chi connectivity index (χ0) is 14.9. The summed E-state index contributed by atoms with van der Waals surface area (Å²) >= 11 is 0. The van der Waals surface area contributed by atoms with Gasteiger partial charge in [-0.05, 0) is 12.8 Å².